The van der Waals surface area contributed by atoms with Crippen molar-refractivity contribution in [3.63, 3.8) is 0 Å². The Morgan fingerprint density at radius 3 is 2.61 bits per heavy atom. The highest BCUT2D eigenvalue weighted by atomic mass is 35.5. The number of benzene rings is 1. The largest absolute Gasteiger partial charge is 0.330 e. The molecule has 5 saturated carbocycles. The Balaban J connectivity index is 1.40. The van der Waals surface area contributed by atoms with Crippen molar-refractivity contribution in [2.24, 2.45) is 39.8 Å². The minimum atomic E-state index is -0.311. The van der Waals surface area contributed by atoms with E-state index in [2.05, 4.69) is 47.3 Å². The SMILES string of the molecule is CN(CCl)C1C2CC3(c4ccccc4)CC1C(C(=O)N=CC1CCC(CN)CC1)(C2)C3. The molecule has 5 unspecified atom stereocenters. The molecule has 0 spiro atoms. The van der Waals surface area contributed by atoms with E-state index in [0.717, 1.165) is 51.5 Å². The van der Waals surface area contributed by atoms with Crippen LogP contribution in [0.4, 0.5) is 0 Å². The van der Waals surface area contributed by atoms with Gasteiger partial charge in [0.15, 0.2) is 0 Å². The average molecular weight is 442 g/mol. The molecule has 1 amide bonds. The summed E-state index contributed by atoms with van der Waals surface area (Å²) < 4.78 is 0. The molecule has 0 heterocycles. The molecule has 0 aliphatic heterocycles. The van der Waals surface area contributed by atoms with E-state index < -0.39 is 0 Å². The molecule has 0 aromatic heterocycles. The maximum Gasteiger partial charge on any atom is 0.251 e. The first-order valence-corrected chi connectivity index (χ1v) is 12.7. The Morgan fingerprint density at radius 2 is 1.94 bits per heavy atom. The predicted molar refractivity (Wildman–Crippen MR) is 126 cm³/mol. The average Bonchev–Trinajstić information content (AvgIpc) is 3.19. The Labute approximate surface area is 191 Å². The fraction of sp³-hybridized carbons (Fsp3) is 0.692. The number of nitrogens with two attached hydrogens (primary N) is 1. The van der Waals surface area contributed by atoms with Crippen LogP contribution in [0.1, 0.15) is 56.9 Å². The predicted octanol–water partition coefficient (Wildman–Crippen LogP) is 4.60. The van der Waals surface area contributed by atoms with Gasteiger partial charge in [-0.2, -0.15) is 0 Å². The Hall–Kier alpha value is -1.23. The summed E-state index contributed by atoms with van der Waals surface area (Å²) in [4.78, 5) is 20.7. The Morgan fingerprint density at radius 1 is 1.19 bits per heavy atom. The van der Waals surface area contributed by atoms with Crippen LogP contribution in [0, 0.1) is 29.1 Å². The molecule has 0 saturated heterocycles. The molecular formula is C26H36ClN3O. The Bertz CT molecular complexity index is 836. The third-order valence-corrected chi connectivity index (χ3v) is 9.66. The minimum absolute atomic E-state index is 0.128. The number of hydrogen-bond donors (Lipinski definition) is 1. The lowest BCUT2D eigenvalue weighted by molar-refractivity contribution is -0.129. The van der Waals surface area contributed by atoms with Gasteiger partial charge >= 0.3 is 0 Å². The molecule has 5 fully saturated rings. The van der Waals surface area contributed by atoms with Gasteiger partial charge in [-0.05, 0) is 99.6 Å². The maximum atomic E-state index is 13.7. The minimum Gasteiger partial charge on any atom is -0.330 e. The zero-order valence-corrected chi connectivity index (χ0v) is 19.4. The number of halogens is 1. The van der Waals surface area contributed by atoms with Gasteiger partial charge in [-0.25, -0.2) is 4.99 Å². The number of alkyl halides is 1. The molecule has 4 nitrogen and oxygen atoms in total. The van der Waals surface area contributed by atoms with Crippen LogP contribution in [0.15, 0.2) is 35.3 Å². The van der Waals surface area contributed by atoms with Crippen LogP contribution in [0.25, 0.3) is 0 Å². The topological polar surface area (TPSA) is 58.7 Å². The van der Waals surface area contributed by atoms with Crippen LogP contribution in [0.3, 0.4) is 0 Å². The molecule has 31 heavy (non-hydrogen) atoms. The van der Waals surface area contributed by atoms with Gasteiger partial charge in [-0.3, -0.25) is 9.69 Å². The highest BCUT2D eigenvalue weighted by molar-refractivity contribution is 6.17. The van der Waals surface area contributed by atoms with Crippen LogP contribution in [0.5, 0.6) is 0 Å². The summed E-state index contributed by atoms with van der Waals surface area (Å²) in [5.74, 6) is 2.11. The molecule has 1 aromatic rings. The van der Waals surface area contributed by atoms with Crippen LogP contribution in [-0.4, -0.2) is 42.7 Å². The summed E-state index contributed by atoms with van der Waals surface area (Å²) in [7, 11) is 2.12. The van der Waals surface area contributed by atoms with E-state index in [-0.39, 0.29) is 16.7 Å². The second-order valence-corrected chi connectivity index (χ2v) is 11.2. The monoisotopic (exact) mass is 441 g/mol. The number of nitrogens with zero attached hydrogens (tertiary/aromatic N) is 2. The summed E-state index contributed by atoms with van der Waals surface area (Å²) >= 11 is 6.27. The highest BCUT2D eigenvalue weighted by Gasteiger charge is 2.71. The number of rotatable bonds is 6. The fourth-order valence-corrected chi connectivity index (χ4v) is 8.09. The van der Waals surface area contributed by atoms with Crippen molar-refractivity contribution >= 4 is 23.7 Å². The van der Waals surface area contributed by atoms with Crippen molar-refractivity contribution in [1.82, 2.24) is 4.90 Å². The first kappa shape index (κ1) is 21.6. The lowest BCUT2D eigenvalue weighted by Gasteiger charge is -2.44. The number of carbonyl (C=O) groups excluding carboxylic acids is 1. The molecule has 5 heteroatoms. The van der Waals surface area contributed by atoms with Gasteiger partial charge in [0.25, 0.3) is 5.91 Å². The van der Waals surface area contributed by atoms with E-state index in [0.29, 0.717) is 35.7 Å². The molecule has 2 N–H and O–H groups in total. The summed E-state index contributed by atoms with van der Waals surface area (Å²) in [5.41, 5.74) is 7.07. The van der Waals surface area contributed by atoms with Gasteiger partial charge in [-0.1, -0.05) is 30.3 Å². The maximum absolute atomic E-state index is 13.7. The van der Waals surface area contributed by atoms with Crippen LogP contribution in [0.2, 0.25) is 0 Å². The van der Waals surface area contributed by atoms with Crippen LogP contribution in [-0.2, 0) is 10.2 Å². The lowest BCUT2D eigenvalue weighted by Crippen LogP contribution is -2.45. The quantitative estimate of drug-likeness (QED) is 0.398. The summed E-state index contributed by atoms with van der Waals surface area (Å²) in [6.07, 6.45) is 10.7. The first-order valence-electron chi connectivity index (χ1n) is 12.1. The summed E-state index contributed by atoms with van der Waals surface area (Å²) in [6, 6.07) is 11.8. The molecule has 1 aromatic carbocycles. The molecule has 4 bridgehead atoms. The third kappa shape index (κ3) is 3.50. The molecule has 5 aliphatic carbocycles. The van der Waals surface area contributed by atoms with E-state index in [1.165, 1.54) is 12.0 Å². The van der Waals surface area contributed by atoms with E-state index >= 15 is 0 Å². The van der Waals surface area contributed by atoms with E-state index in [4.69, 9.17) is 17.3 Å². The van der Waals surface area contributed by atoms with Gasteiger partial charge < -0.3 is 5.73 Å². The highest BCUT2D eigenvalue weighted by Crippen LogP contribution is 2.71. The van der Waals surface area contributed by atoms with Crippen LogP contribution >= 0.6 is 11.6 Å². The first-order chi connectivity index (χ1) is 15.0. The van der Waals surface area contributed by atoms with Crippen molar-refractivity contribution in [3.05, 3.63) is 35.9 Å². The van der Waals surface area contributed by atoms with E-state index in [9.17, 15) is 4.79 Å². The second kappa shape index (κ2) is 8.28. The lowest BCUT2D eigenvalue weighted by atomic mass is 9.63. The van der Waals surface area contributed by atoms with Crippen molar-refractivity contribution in [3.8, 4) is 0 Å². The fourth-order valence-electron chi connectivity index (χ4n) is 7.93. The van der Waals surface area contributed by atoms with E-state index in [1.54, 1.807) is 0 Å². The zero-order valence-electron chi connectivity index (χ0n) is 18.7. The molecule has 5 aliphatic rings. The van der Waals surface area contributed by atoms with Crippen molar-refractivity contribution in [1.29, 1.82) is 0 Å². The summed E-state index contributed by atoms with van der Waals surface area (Å²) in [5, 5.41) is 0. The van der Waals surface area contributed by atoms with Crippen LogP contribution < -0.4 is 5.73 Å². The molecule has 0 radical (unpaired) electrons. The summed E-state index contributed by atoms with van der Waals surface area (Å²) in [6.45, 7) is 0.784. The standard InChI is InChI=1S/C26H36ClN3O/c1-30(17-27)23-20-11-25(21-5-3-2-4-6-21)13-22(23)26(12-20,16-25)24(31)29-15-19-9-7-18(14-28)8-10-19/h2-6,15,18-20,22-23H,7-14,16-17,28H2,1H3. The number of aliphatic imine (C=N–C) groups is 1. The van der Waals surface area contributed by atoms with Crippen molar-refractivity contribution in [2.45, 2.75) is 62.8 Å². The van der Waals surface area contributed by atoms with Crippen molar-refractivity contribution < 1.29 is 4.79 Å². The molecule has 5 atom stereocenters. The molecular weight excluding hydrogens is 406 g/mol. The van der Waals surface area contributed by atoms with E-state index in [1.807, 2.05) is 6.21 Å². The normalized spacial score (nSPS) is 41.5. The molecule has 168 valence electrons. The number of hydrogen-bond acceptors (Lipinski definition) is 3. The smallest absolute Gasteiger partial charge is 0.251 e. The Kier molecular flexibility index (Phi) is 5.77. The van der Waals surface area contributed by atoms with Gasteiger partial charge in [0.1, 0.15) is 0 Å². The van der Waals surface area contributed by atoms with Crippen molar-refractivity contribution in [2.75, 3.05) is 19.6 Å². The van der Waals surface area contributed by atoms with Gasteiger partial charge in [0.05, 0.1) is 11.4 Å². The number of carbonyl (C=O) groups is 1. The third-order valence-electron chi connectivity index (χ3n) is 9.29. The molecule has 6 rings (SSSR count). The van der Waals surface area contributed by atoms with Gasteiger partial charge in [0, 0.05) is 12.3 Å². The van der Waals surface area contributed by atoms with Gasteiger partial charge in [-0.15, -0.1) is 11.6 Å². The van der Waals surface area contributed by atoms with Gasteiger partial charge in [0.2, 0.25) is 0 Å². The number of amides is 1. The second-order valence-electron chi connectivity index (χ2n) is 10.9. The zero-order chi connectivity index (χ0) is 21.6.